The third kappa shape index (κ3) is 2.23. The molecule has 0 saturated carbocycles. The fourth-order valence-electron chi connectivity index (χ4n) is 2.12. The zero-order valence-electron chi connectivity index (χ0n) is 11.0. The van der Waals surface area contributed by atoms with Gasteiger partial charge in [0.2, 0.25) is 0 Å². The van der Waals surface area contributed by atoms with E-state index in [1.165, 1.54) is 6.07 Å². The summed E-state index contributed by atoms with van der Waals surface area (Å²) in [6, 6.07) is 10.9. The molecule has 0 amide bonds. The molecule has 0 atom stereocenters. The molecule has 0 bridgehead atoms. The van der Waals surface area contributed by atoms with Crippen LogP contribution in [-0.2, 0) is 0 Å². The Hall–Kier alpha value is -1.83. The number of rotatable bonds is 2. The van der Waals surface area contributed by atoms with Gasteiger partial charge in [-0.15, -0.1) is 0 Å². The molecule has 0 fully saturated rings. The molecular formula is C16H18FN. The molecular weight excluding hydrogens is 225 g/mol. The number of aryl methyl sites for hydroxylation is 1. The van der Waals surface area contributed by atoms with Gasteiger partial charge in [0.25, 0.3) is 0 Å². The van der Waals surface area contributed by atoms with Crippen molar-refractivity contribution < 1.29 is 4.39 Å². The average Bonchev–Trinajstić information content (AvgIpc) is 2.32. The highest BCUT2D eigenvalue weighted by Crippen LogP contribution is 2.33. The SMILES string of the molecule is Cc1ccc(-c2c(F)cccc2C(C)C)cc1N. The van der Waals surface area contributed by atoms with E-state index in [-0.39, 0.29) is 11.7 Å². The summed E-state index contributed by atoms with van der Waals surface area (Å²) in [5.74, 6) is 0.0858. The molecule has 0 aromatic heterocycles. The third-order valence-corrected chi connectivity index (χ3v) is 3.24. The van der Waals surface area contributed by atoms with E-state index in [9.17, 15) is 4.39 Å². The minimum Gasteiger partial charge on any atom is -0.398 e. The van der Waals surface area contributed by atoms with Crippen LogP contribution in [0.25, 0.3) is 11.1 Å². The van der Waals surface area contributed by atoms with Crippen LogP contribution in [0.4, 0.5) is 10.1 Å². The summed E-state index contributed by atoms with van der Waals surface area (Å²) in [6.07, 6.45) is 0. The molecule has 94 valence electrons. The van der Waals surface area contributed by atoms with E-state index < -0.39 is 0 Å². The maximum Gasteiger partial charge on any atom is 0.131 e. The molecule has 0 radical (unpaired) electrons. The molecule has 2 heteroatoms. The van der Waals surface area contributed by atoms with Crippen LogP contribution >= 0.6 is 0 Å². The van der Waals surface area contributed by atoms with Crippen LogP contribution in [0.1, 0.15) is 30.9 Å². The van der Waals surface area contributed by atoms with Crippen LogP contribution in [0.2, 0.25) is 0 Å². The molecule has 0 unspecified atom stereocenters. The molecule has 0 aliphatic heterocycles. The lowest BCUT2D eigenvalue weighted by atomic mass is 9.91. The normalized spacial score (nSPS) is 10.9. The van der Waals surface area contributed by atoms with Crippen molar-refractivity contribution in [1.29, 1.82) is 0 Å². The summed E-state index contributed by atoms with van der Waals surface area (Å²) in [7, 11) is 0. The van der Waals surface area contributed by atoms with Gasteiger partial charge in [0.15, 0.2) is 0 Å². The summed E-state index contributed by atoms with van der Waals surface area (Å²) in [5.41, 5.74) is 10.2. The molecule has 0 aliphatic carbocycles. The van der Waals surface area contributed by atoms with Gasteiger partial charge in [-0.05, 0) is 41.7 Å². The van der Waals surface area contributed by atoms with E-state index in [1.54, 1.807) is 6.07 Å². The van der Waals surface area contributed by atoms with Crippen molar-refractivity contribution in [3.63, 3.8) is 0 Å². The maximum atomic E-state index is 14.1. The monoisotopic (exact) mass is 243 g/mol. The van der Waals surface area contributed by atoms with Crippen molar-refractivity contribution in [1.82, 2.24) is 0 Å². The number of hydrogen-bond acceptors (Lipinski definition) is 1. The largest absolute Gasteiger partial charge is 0.398 e. The number of nitrogens with two attached hydrogens (primary N) is 1. The quantitative estimate of drug-likeness (QED) is 0.772. The van der Waals surface area contributed by atoms with Crippen molar-refractivity contribution in [2.45, 2.75) is 26.7 Å². The van der Waals surface area contributed by atoms with E-state index in [0.717, 1.165) is 16.7 Å². The molecule has 2 aromatic rings. The second-order valence-corrected chi connectivity index (χ2v) is 4.93. The Morgan fingerprint density at radius 3 is 2.44 bits per heavy atom. The highest BCUT2D eigenvalue weighted by atomic mass is 19.1. The highest BCUT2D eigenvalue weighted by molar-refractivity contribution is 5.72. The Bertz CT molecular complexity index is 573. The molecule has 0 saturated heterocycles. The molecule has 2 aromatic carbocycles. The Labute approximate surface area is 107 Å². The lowest BCUT2D eigenvalue weighted by Crippen LogP contribution is -1.97. The standard InChI is InChI=1S/C16H18FN/c1-10(2)13-5-4-6-14(17)16(13)12-8-7-11(3)15(18)9-12/h4-10H,18H2,1-3H3. The van der Waals surface area contributed by atoms with Gasteiger partial charge in [-0.25, -0.2) is 4.39 Å². The van der Waals surface area contributed by atoms with Gasteiger partial charge in [0, 0.05) is 11.3 Å². The smallest absolute Gasteiger partial charge is 0.131 e. The number of benzene rings is 2. The predicted molar refractivity (Wildman–Crippen MR) is 75.1 cm³/mol. The lowest BCUT2D eigenvalue weighted by Gasteiger charge is -2.14. The summed E-state index contributed by atoms with van der Waals surface area (Å²) >= 11 is 0. The zero-order valence-corrected chi connectivity index (χ0v) is 11.0. The summed E-state index contributed by atoms with van der Waals surface area (Å²) in [6.45, 7) is 6.08. The minimum atomic E-state index is -0.190. The first-order chi connectivity index (χ1) is 8.50. The van der Waals surface area contributed by atoms with Crippen LogP contribution < -0.4 is 5.73 Å². The van der Waals surface area contributed by atoms with Crippen LogP contribution in [0.15, 0.2) is 36.4 Å². The maximum absolute atomic E-state index is 14.1. The van der Waals surface area contributed by atoms with Gasteiger partial charge in [-0.3, -0.25) is 0 Å². The van der Waals surface area contributed by atoms with E-state index in [0.29, 0.717) is 11.3 Å². The van der Waals surface area contributed by atoms with Crippen molar-refractivity contribution in [3.8, 4) is 11.1 Å². The lowest BCUT2D eigenvalue weighted by molar-refractivity contribution is 0.627. The van der Waals surface area contributed by atoms with Gasteiger partial charge in [0.1, 0.15) is 5.82 Å². The fraction of sp³-hybridized carbons (Fsp3) is 0.250. The molecule has 2 N–H and O–H groups in total. The van der Waals surface area contributed by atoms with E-state index in [4.69, 9.17) is 5.73 Å². The van der Waals surface area contributed by atoms with Gasteiger partial charge in [-0.2, -0.15) is 0 Å². The highest BCUT2D eigenvalue weighted by Gasteiger charge is 2.13. The fourth-order valence-corrected chi connectivity index (χ4v) is 2.12. The minimum absolute atomic E-state index is 0.190. The van der Waals surface area contributed by atoms with E-state index >= 15 is 0 Å². The first-order valence-corrected chi connectivity index (χ1v) is 6.15. The van der Waals surface area contributed by atoms with Gasteiger partial charge in [-0.1, -0.05) is 38.1 Å². The third-order valence-electron chi connectivity index (χ3n) is 3.24. The topological polar surface area (TPSA) is 26.0 Å². The number of nitrogen functional groups attached to an aromatic ring is 1. The second-order valence-electron chi connectivity index (χ2n) is 4.93. The van der Waals surface area contributed by atoms with Gasteiger partial charge in [0.05, 0.1) is 0 Å². The van der Waals surface area contributed by atoms with E-state index in [2.05, 4.69) is 13.8 Å². The zero-order chi connectivity index (χ0) is 13.3. The van der Waals surface area contributed by atoms with Crippen molar-refractivity contribution in [2.24, 2.45) is 0 Å². The van der Waals surface area contributed by atoms with Crippen LogP contribution in [0.5, 0.6) is 0 Å². The Morgan fingerprint density at radius 2 is 1.83 bits per heavy atom. The van der Waals surface area contributed by atoms with Crippen molar-refractivity contribution in [2.75, 3.05) is 5.73 Å². The van der Waals surface area contributed by atoms with Crippen LogP contribution in [0, 0.1) is 12.7 Å². The predicted octanol–water partition coefficient (Wildman–Crippen LogP) is 4.51. The first-order valence-electron chi connectivity index (χ1n) is 6.15. The Balaban J connectivity index is 2.66. The number of anilines is 1. The Kier molecular flexibility index (Phi) is 3.37. The van der Waals surface area contributed by atoms with Gasteiger partial charge < -0.3 is 5.73 Å². The Morgan fingerprint density at radius 1 is 1.11 bits per heavy atom. The first kappa shape index (κ1) is 12.6. The second kappa shape index (κ2) is 4.81. The summed E-state index contributed by atoms with van der Waals surface area (Å²) in [4.78, 5) is 0. The average molecular weight is 243 g/mol. The molecule has 0 aliphatic rings. The van der Waals surface area contributed by atoms with E-state index in [1.807, 2.05) is 31.2 Å². The van der Waals surface area contributed by atoms with Gasteiger partial charge >= 0.3 is 0 Å². The van der Waals surface area contributed by atoms with Crippen LogP contribution in [-0.4, -0.2) is 0 Å². The van der Waals surface area contributed by atoms with Crippen LogP contribution in [0.3, 0.4) is 0 Å². The number of halogens is 1. The van der Waals surface area contributed by atoms with Crippen molar-refractivity contribution >= 4 is 5.69 Å². The van der Waals surface area contributed by atoms with Crippen molar-refractivity contribution in [3.05, 3.63) is 53.3 Å². The molecule has 2 rings (SSSR count). The molecule has 0 spiro atoms. The summed E-state index contributed by atoms with van der Waals surface area (Å²) < 4.78 is 14.1. The summed E-state index contributed by atoms with van der Waals surface area (Å²) in [5, 5.41) is 0. The molecule has 1 nitrogen and oxygen atoms in total. The molecule has 0 heterocycles. The number of hydrogen-bond donors (Lipinski definition) is 1. The molecule has 18 heavy (non-hydrogen) atoms.